The Balaban J connectivity index is 1.90. The van der Waals surface area contributed by atoms with Crippen LogP contribution in [0.5, 0.6) is 0 Å². The molecule has 1 unspecified atom stereocenters. The summed E-state index contributed by atoms with van der Waals surface area (Å²) in [5.41, 5.74) is 2.99. The van der Waals surface area contributed by atoms with Crippen LogP contribution in [0, 0.1) is 5.41 Å². The van der Waals surface area contributed by atoms with Crippen LogP contribution in [0.2, 0.25) is 25.7 Å². The molecule has 134 valence electrons. The summed E-state index contributed by atoms with van der Waals surface area (Å²) in [4.78, 5) is 0. The lowest BCUT2D eigenvalue weighted by atomic mass is 9.83. The Labute approximate surface area is 143 Å². The first-order valence-electron chi connectivity index (χ1n) is 9.33. The maximum Gasteiger partial charge on any atom is 0.157 e. The van der Waals surface area contributed by atoms with Crippen molar-refractivity contribution in [1.29, 1.82) is 0 Å². The van der Waals surface area contributed by atoms with Gasteiger partial charge in [-0.25, -0.2) is 0 Å². The molecule has 4 heteroatoms. The first-order valence-corrected chi connectivity index (χ1v) is 13.0. The molecule has 1 fully saturated rings. The maximum atomic E-state index is 10.5. The third-order valence-electron chi connectivity index (χ3n) is 5.04. The Kier molecular flexibility index (Phi) is 6.51. The predicted octanol–water partition coefficient (Wildman–Crippen LogP) is 4.74. The Morgan fingerprint density at radius 2 is 2.00 bits per heavy atom. The van der Waals surface area contributed by atoms with E-state index in [9.17, 15) is 5.11 Å². The number of hydrogen-bond donors (Lipinski definition) is 1. The van der Waals surface area contributed by atoms with E-state index in [1.807, 2.05) is 0 Å². The largest absolute Gasteiger partial charge is 0.389 e. The average Bonchev–Trinajstić information content (AvgIpc) is 2.64. The van der Waals surface area contributed by atoms with Crippen molar-refractivity contribution in [2.45, 2.75) is 90.5 Å². The van der Waals surface area contributed by atoms with Gasteiger partial charge in [0.25, 0.3) is 0 Å². The van der Waals surface area contributed by atoms with E-state index < -0.39 is 8.07 Å². The summed E-state index contributed by atoms with van der Waals surface area (Å²) >= 11 is 0. The van der Waals surface area contributed by atoms with Crippen molar-refractivity contribution >= 4 is 8.07 Å². The highest BCUT2D eigenvalue weighted by atomic mass is 28.3. The van der Waals surface area contributed by atoms with Gasteiger partial charge in [-0.05, 0) is 55.6 Å². The number of rotatable bonds is 7. The second-order valence-corrected chi connectivity index (χ2v) is 14.6. The topological polar surface area (TPSA) is 38.7 Å². The molecule has 3 nitrogen and oxygen atoms in total. The van der Waals surface area contributed by atoms with Crippen LogP contribution in [0.1, 0.15) is 52.4 Å². The molecule has 1 aliphatic heterocycles. The van der Waals surface area contributed by atoms with Gasteiger partial charge in [0.15, 0.2) is 6.29 Å². The zero-order chi connectivity index (χ0) is 17.1. The fourth-order valence-corrected chi connectivity index (χ4v) is 5.56. The van der Waals surface area contributed by atoms with Gasteiger partial charge in [0, 0.05) is 14.7 Å². The molecular weight excluding hydrogens is 304 g/mol. The zero-order valence-corrected chi connectivity index (χ0v) is 16.8. The summed E-state index contributed by atoms with van der Waals surface area (Å²) in [5, 5.41) is 10.5. The van der Waals surface area contributed by atoms with Crippen molar-refractivity contribution in [2.75, 3.05) is 13.2 Å². The van der Waals surface area contributed by atoms with Gasteiger partial charge >= 0.3 is 0 Å². The summed E-state index contributed by atoms with van der Waals surface area (Å²) in [7, 11) is -1.21. The van der Waals surface area contributed by atoms with E-state index in [2.05, 4.69) is 33.5 Å². The van der Waals surface area contributed by atoms with Crippen LogP contribution < -0.4 is 0 Å². The zero-order valence-electron chi connectivity index (χ0n) is 15.8. The van der Waals surface area contributed by atoms with Crippen LogP contribution in [-0.4, -0.2) is 38.8 Å². The minimum absolute atomic E-state index is 0.0151. The molecule has 0 aromatic heterocycles. The standard InChI is InChI=1S/C19H36O3Si/c1-19(2)13-17(20)15(14-23(3,4)5)16(19)9-8-12-22-18-10-6-7-11-21-18/h17-18,20H,6-14H2,1-5H3/t17-,18?/m0/s1. The summed E-state index contributed by atoms with van der Waals surface area (Å²) in [6, 6.07) is 1.12. The number of hydrogen-bond acceptors (Lipinski definition) is 3. The fourth-order valence-electron chi connectivity index (χ4n) is 3.97. The van der Waals surface area contributed by atoms with Gasteiger partial charge in [-0.1, -0.05) is 39.1 Å². The molecule has 1 saturated heterocycles. The monoisotopic (exact) mass is 340 g/mol. The Bertz CT molecular complexity index is 417. The van der Waals surface area contributed by atoms with E-state index in [0.717, 1.165) is 44.9 Å². The van der Waals surface area contributed by atoms with Gasteiger partial charge in [0.1, 0.15) is 0 Å². The van der Waals surface area contributed by atoms with Crippen molar-refractivity contribution in [1.82, 2.24) is 0 Å². The van der Waals surface area contributed by atoms with E-state index in [1.54, 1.807) is 0 Å². The Morgan fingerprint density at radius 1 is 1.26 bits per heavy atom. The Morgan fingerprint density at radius 3 is 2.61 bits per heavy atom. The molecule has 0 aromatic carbocycles. The third kappa shape index (κ3) is 5.70. The molecule has 0 bridgehead atoms. The molecule has 0 aromatic rings. The molecule has 2 rings (SSSR count). The molecule has 23 heavy (non-hydrogen) atoms. The molecule has 0 saturated carbocycles. The second-order valence-electron chi connectivity index (χ2n) is 9.12. The summed E-state index contributed by atoms with van der Waals surface area (Å²) in [6.45, 7) is 13.3. The smallest absolute Gasteiger partial charge is 0.157 e. The molecule has 0 spiro atoms. The molecule has 0 radical (unpaired) electrons. The third-order valence-corrected chi connectivity index (χ3v) is 6.49. The first-order chi connectivity index (χ1) is 10.7. The first kappa shape index (κ1) is 19.2. The van der Waals surface area contributed by atoms with Crippen LogP contribution in [0.3, 0.4) is 0 Å². The quantitative estimate of drug-likeness (QED) is 0.413. The van der Waals surface area contributed by atoms with Gasteiger partial charge in [0.2, 0.25) is 0 Å². The van der Waals surface area contributed by atoms with Gasteiger partial charge in [0.05, 0.1) is 12.7 Å². The predicted molar refractivity (Wildman–Crippen MR) is 98.4 cm³/mol. The van der Waals surface area contributed by atoms with E-state index in [0.29, 0.717) is 0 Å². The van der Waals surface area contributed by atoms with E-state index in [1.165, 1.54) is 24.0 Å². The normalized spacial score (nSPS) is 28.4. The van der Waals surface area contributed by atoms with Crippen LogP contribution in [0.4, 0.5) is 0 Å². The summed E-state index contributed by atoms with van der Waals surface area (Å²) < 4.78 is 11.5. The highest BCUT2D eigenvalue weighted by Crippen LogP contribution is 2.47. The molecule has 2 aliphatic rings. The van der Waals surface area contributed by atoms with Crippen molar-refractivity contribution in [2.24, 2.45) is 5.41 Å². The lowest BCUT2D eigenvalue weighted by molar-refractivity contribution is -0.162. The van der Waals surface area contributed by atoms with Crippen molar-refractivity contribution in [3.8, 4) is 0 Å². The molecule has 1 heterocycles. The second kappa shape index (κ2) is 7.81. The minimum atomic E-state index is -1.21. The SMILES string of the molecule is CC1(C)C[C@H](O)C(C[Si](C)(C)C)=C1CCCOC1CCCCO1. The fraction of sp³-hybridized carbons (Fsp3) is 0.895. The number of ether oxygens (including phenoxy) is 2. The lowest BCUT2D eigenvalue weighted by Gasteiger charge is -2.25. The lowest BCUT2D eigenvalue weighted by Crippen LogP contribution is -2.23. The van der Waals surface area contributed by atoms with Gasteiger partial charge in [-0.15, -0.1) is 0 Å². The average molecular weight is 341 g/mol. The highest BCUT2D eigenvalue weighted by molar-refractivity contribution is 6.76. The van der Waals surface area contributed by atoms with E-state index in [4.69, 9.17) is 9.47 Å². The van der Waals surface area contributed by atoms with Gasteiger partial charge < -0.3 is 14.6 Å². The Hall–Kier alpha value is -0.163. The molecule has 0 amide bonds. The van der Waals surface area contributed by atoms with Crippen LogP contribution in [0.15, 0.2) is 11.1 Å². The van der Waals surface area contributed by atoms with Crippen LogP contribution in [0.25, 0.3) is 0 Å². The number of aliphatic hydroxyl groups excluding tert-OH is 1. The number of aliphatic hydroxyl groups is 1. The van der Waals surface area contributed by atoms with Crippen molar-refractivity contribution in [3.63, 3.8) is 0 Å². The molecule has 2 atom stereocenters. The van der Waals surface area contributed by atoms with Gasteiger partial charge in [-0.3, -0.25) is 0 Å². The summed E-state index contributed by atoms with van der Waals surface area (Å²) in [5.74, 6) is 0. The maximum absolute atomic E-state index is 10.5. The van der Waals surface area contributed by atoms with E-state index in [-0.39, 0.29) is 17.8 Å². The molecule has 1 aliphatic carbocycles. The minimum Gasteiger partial charge on any atom is -0.389 e. The number of allylic oxidation sites excluding steroid dienone is 1. The van der Waals surface area contributed by atoms with Crippen LogP contribution >= 0.6 is 0 Å². The van der Waals surface area contributed by atoms with E-state index >= 15 is 0 Å². The molecule has 1 N–H and O–H groups in total. The molecular formula is C19H36O3Si. The highest BCUT2D eigenvalue weighted by Gasteiger charge is 2.39. The van der Waals surface area contributed by atoms with Crippen molar-refractivity contribution in [3.05, 3.63) is 11.1 Å². The van der Waals surface area contributed by atoms with Gasteiger partial charge in [-0.2, -0.15) is 0 Å². The van der Waals surface area contributed by atoms with Crippen molar-refractivity contribution < 1.29 is 14.6 Å². The summed E-state index contributed by atoms with van der Waals surface area (Å²) in [6.07, 6.45) is 6.17. The van der Waals surface area contributed by atoms with Crippen LogP contribution in [-0.2, 0) is 9.47 Å².